The molecule has 0 bridgehead atoms. The summed E-state index contributed by atoms with van der Waals surface area (Å²) in [5.41, 5.74) is -0.943. The van der Waals surface area contributed by atoms with Crippen molar-refractivity contribution in [2.24, 2.45) is 0 Å². The molecule has 20 heavy (non-hydrogen) atoms. The number of aliphatic hydroxyl groups excluding tert-OH is 1. The van der Waals surface area contributed by atoms with E-state index in [9.17, 15) is 22.7 Å². The number of nitrogens with one attached hydrogen (secondary N) is 1. The minimum Gasteiger partial charge on any atom is -0.389 e. The predicted octanol–water partition coefficient (Wildman–Crippen LogP) is 1.91. The van der Waals surface area contributed by atoms with E-state index in [4.69, 9.17) is 0 Å². The van der Waals surface area contributed by atoms with E-state index in [-0.39, 0.29) is 19.2 Å². The fourth-order valence-corrected chi connectivity index (χ4v) is 1.64. The Morgan fingerprint density at radius 1 is 1.20 bits per heavy atom. The van der Waals surface area contributed by atoms with Gasteiger partial charge in [-0.15, -0.1) is 0 Å². The second kappa shape index (κ2) is 5.91. The zero-order chi connectivity index (χ0) is 14.7. The summed E-state index contributed by atoms with van der Waals surface area (Å²) in [5, 5.41) is 15.6. The van der Waals surface area contributed by atoms with Crippen LogP contribution in [0.2, 0.25) is 0 Å². The second-order valence-corrected chi connectivity index (χ2v) is 4.11. The highest BCUT2D eigenvalue weighted by atomic mass is 19.2. The number of nitrogens with zero attached hydrogens (tertiary/aromatic N) is 2. The summed E-state index contributed by atoms with van der Waals surface area (Å²) in [4.78, 5) is 0. The van der Waals surface area contributed by atoms with Gasteiger partial charge in [-0.3, -0.25) is 4.68 Å². The number of aliphatic hydroxyl groups is 1. The fraction of sp³-hybridized carbons (Fsp3) is 0.250. The van der Waals surface area contributed by atoms with Gasteiger partial charge in [-0.2, -0.15) is 5.10 Å². The van der Waals surface area contributed by atoms with E-state index in [0.29, 0.717) is 0 Å². The first-order chi connectivity index (χ1) is 9.49. The van der Waals surface area contributed by atoms with Gasteiger partial charge in [-0.1, -0.05) is 0 Å². The van der Waals surface area contributed by atoms with Crippen LogP contribution in [0.1, 0.15) is 0 Å². The van der Waals surface area contributed by atoms with E-state index in [0.717, 1.165) is 0 Å². The van der Waals surface area contributed by atoms with Gasteiger partial charge in [0.1, 0.15) is 5.69 Å². The van der Waals surface area contributed by atoms with E-state index in [1.54, 1.807) is 12.3 Å². The second-order valence-electron chi connectivity index (χ2n) is 4.11. The van der Waals surface area contributed by atoms with Crippen LogP contribution in [0, 0.1) is 23.3 Å². The Labute approximate surface area is 111 Å². The molecular formula is C12H11F4N3O. The molecule has 0 aliphatic carbocycles. The van der Waals surface area contributed by atoms with Crippen LogP contribution in [0.4, 0.5) is 23.2 Å². The van der Waals surface area contributed by atoms with Crippen molar-refractivity contribution < 1.29 is 22.7 Å². The molecule has 2 N–H and O–H groups in total. The van der Waals surface area contributed by atoms with Gasteiger partial charge in [-0.05, 0) is 6.07 Å². The number of hydrogen-bond acceptors (Lipinski definition) is 3. The molecule has 0 aliphatic heterocycles. The molecule has 0 aliphatic rings. The fourth-order valence-electron chi connectivity index (χ4n) is 1.64. The van der Waals surface area contributed by atoms with Crippen molar-refractivity contribution >= 4 is 5.69 Å². The smallest absolute Gasteiger partial charge is 0.185 e. The van der Waals surface area contributed by atoms with E-state index >= 15 is 0 Å². The predicted molar refractivity (Wildman–Crippen MR) is 63.0 cm³/mol. The topological polar surface area (TPSA) is 50.1 Å². The van der Waals surface area contributed by atoms with E-state index < -0.39 is 35.1 Å². The summed E-state index contributed by atoms with van der Waals surface area (Å²) < 4.78 is 54.0. The Morgan fingerprint density at radius 3 is 2.40 bits per heavy atom. The maximum Gasteiger partial charge on any atom is 0.185 e. The van der Waals surface area contributed by atoms with Crippen LogP contribution in [-0.2, 0) is 6.54 Å². The molecule has 8 heteroatoms. The summed E-state index contributed by atoms with van der Waals surface area (Å²) in [7, 11) is 0. The normalized spacial score (nSPS) is 12.4. The maximum atomic E-state index is 13.3. The van der Waals surface area contributed by atoms with Gasteiger partial charge >= 0.3 is 0 Å². The number of aromatic nitrogens is 2. The van der Waals surface area contributed by atoms with Crippen molar-refractivity contribution in [1.82, 2.24) is 9.78 Å². The lowest BCUT2D eigenvalue weighted by atomic mass is 10.2. The number of anilines is 1. The van der Waals surface area contributed by atoms with Crippen molar-refractivity contribution in [3.8, 4) is 0 Å². The Kier molecular flexibility index (Phi) is 4.23. The highest BCUT2D eigenvalue weighted by Gasteiger charge is 2.19. The molecule has 0 fully saturated rings. The molecule has 1 aromatic carbocycles. The van der Waals surface area contributed by atoms with Crippen molar-refractivity contribution in [2.45, 2.75) is 12.6 Å². The zero-order valence-electron chi connectivity index (χ0n) is 10.2. The minimum atomic E-state index is -1.53. The molecule has 1 atom stereocenters. The van der Waals surface area contributed by atoms with Crippen molar-refractivity contribution in [2.75, 3.05) is 11.9 Å². The van der Waals surface area contributed by atoms with Gasteiger partial charge in [0.25, 0.3) is 0 Å². The largest absolute Gasteiger partial charge is 0.389 e. The highest BCUT2D eigenvalue weighted by Crippen LogP contribution is 2.23. The monoisotopic (exact) mass is 289 g/mol. The van der Waals surface area contributed by atoms with Gasteiger partial charge in [0.2, 0.25) is 0 Å². The van der Waals surface area contributed by atoms with Crippen LogP contribution in [0.15, 0.2) is 24.5 Å². The third-order valence-corrected chi connectivity index (χ3v) is 2.58. The molecule has 0 spiro atoms. The van der Waals surface area contributed by atoms with E-state index in [1.165, 1.54) is 10.9 Å². The van der Waals surface area contributed by atoms with Gasteiger partial charge < -0.3 is 10.4 Å². The summed E-state index contributed by atoms with van der Waals surface area (Å²) in [6.45, 7) is -0.225. The molecule has 0 saturated heterocycles. The van der Waals surface area contributed by atoms with Gasteiger partial charge in [0.15, 0.2) is 23.3 Å². The molecule has 108 valence electrons. The van der Waals surface area contributed by atoms with Crippen LogP contribution in [0.3, 0.4) is 0 Å². The van der Waals surface area contributed by atoms with Crippen molar-refractivity contribution in [1.29, 1.82) is 0 Å². The first-order valence-corrected chi connectivity index (χ1v) is 5.71. The zero-order valence-corrected chi connectivity index (χ0v) is 10.2. The average Bonchev–Trinajstić information content (AvgIpc) is 2.89. The molecule has 0 amide bonds. The van der Waals surface area contributed by atoms with Gasteiger partial charge in [0.05, 0.1) is 12.6 Å². The molecule has 0 saturated carbocycles. The van der Waals surface area contributed by atoms with Gasteiger partial charge in [-0.25, -0.2) is 17.6 Å². The molecular weight excluding hydrogens is 278 g/mol. The third kappa shape index (κ3) is 3.08. The lowest BCUT2D eigenvalue weighted by Gasteiger charge is -2.14. The SMILES string of the molecule is OC(CNc1c(F)c(F)cc(F)c1F)Cn1cccn1. The molecule has 1 aromatic heterocycles. The number of halogens is 4. The first-order valence-electron chi connectivity index (χ1n) is 5.71. The van der Waals surface area contributed by atoms with Gasteiger partial charge in [0, 0.05) is 25.0 Å². The van der Waals surface area contributed by atoms with Crippen LogP contribution in [0.5, 0.6) is 0 Å². The Bertz CT molecular complexity index is 563. The number of benzene rings is 1. The lowest BCUT2D eigenvalue weighted by Crippen LogP contribution is -2.26. The number of hydrogen-bond donors (Lipinski definition) is 2. The van der Waals surface area contributed by atoms with Crippen LogP contribution >= 0.6 is 0 Å². The summed E-state index contributed by atoms with van der Waals surface area (Å²) >= 11 is 0. The quantitative estimate of drug-likeness (QED) is 0.653. The molecule has 4 nitrogen and oxygen atoms in total. The van der Waals surface area contributed by atoms with Crippen LogP contribution < -0.4 is 5.32 Å². The average molecular weight is 289 g/mol. The number of rotatable bonds is 5. The minimum absolute atomic E-state index is 0.0705. The summed E-state index contributed by atoms with van der Waals surface area (Å²) in [6, 6.07) is 1.76. The highest BCUT2D eigenvalue weighted by molar-refractivity contribution is 5.47. The van der Waals surface area contributed by atoms with Crippen molar-refractivity contribution in [3.05, 3.63) is 47.8 Å². The maximum absolute atomic E-state index is 13.3. The van der Waals surface area contributed by atoms with Crippen molar-refractivity contribution in [3.63, 3.8) is 0 Å². The standard InChI is InChI=1S/C12H11F4N3O/c13-8-4-9(14)11(16)12(10(8)15)17-5-7(20)6-19-3-1-2-18-19/h1-4,7,17,20H,5-6H2. The lowest BCUT2D eigenvalue weighted by molar-refractivity contribution is 0.161. The first kappa shape index (κ1) is 14.3. The molecule has 1 heterocycles. The van der Waals surface area contributed by atoms with E-state index in [2.05, 4.69) is 10.4 Å². The Hall–Kier alpha value is -2.09. The summed E-state index contributed by atoms with van der Waals surface area (Å²) in [5.74, 6) is -6.08. The van der Waals surface area contributed by atoms with E-state index in [1.807, 2.05) is 0 Å². The van der Waals surface area contributed by atoms with Crippen LogP contribution in [-0.4, -0.2) is 27.5 Å². The third-order valence-electron chi connectivity index (χ3n) is 2.58. The Morgan fingerprint density at radius 2 is 1.85 bits per heavy atom. The molecule has 0 radical (unpaired) electrons. The van der Waals surface area contributed by atoms with Crippen LogP contribution in [0.25, 0.3) is 0 Å². The summed E-state index contributed by atoms with van der Waals surface area (Å²) in [6.07, 6.45) is 2.05. The molecule has 1 unspecified atom stereocenters. The Balaban J connectivity index is 2.04. The molecule has 2 rings (SSSR count). The molecule has 2 aromatic rings.